The molecule has 5 heteroatoms. The number of para-hydroxylation sites is 2. The van der Waals surface area contributed by atoms with E-state index in [0.717, 1.165) is 32.7 Å². The van der Waals surface area contributed by atoms with E-state index >= 15 is 0 Å². The zero-order valence-electron chi connectivity index (χ0n) is 16.3. The summed E-state index contributed by atoms with van der Waals surface area (Å²) in [7, 11) is 0. The lowest BCUT2D eigenvalue weighted by molar-refractivity contribution is -0.115. The van der Waals surface area contributed by atoms with E-state index in [1.165, 1.54) is 11.8 Å². The van der Waals surface area contributed by atoms with Crippen molar-refractivity contribution < 1.29 is 4.79 Å². The topological polar surface area (TPSA) is 54.9 Å². The number of nitrogens with zero attached hydrogens (tertiary/aromatic N) is 2. The minimum absolute atomic E-state index is 0.0479. The molecule has 4 aromatic rings. The van der Waals surface area contributed by atoms with E-state index in [1.54, 1.807) is 0 Å². The van der Waals surface area contributed by atoms with E-state index in [1.807, 2.05) is 92.7 Å². The van der Waals surface area contributed by atoms with Crippen LogP contribution in [0, 0.1) is 6.92 Å². The van der Waals surface area contributed by atoms with Crippen molar-refractivity contribution >= 4 is 34.3 Å². The molecule has 1 atom stereocenters. The molecule has 0 saturated heterocycles. The summed E-state index contributed by atoms with van der Waals surface area (Å²) in [5.41, 5.74) is 3.70. The van der Waals surface area contributed by atoms with Crippen LogP contribution >= 0.6 is 11.8 Å². The second-order valence-electron chi connectivity index (χ2n) is 6.80. The summed E-state index contributed by atoms with van der Waals surface area (Å²) in [5, 5.41) is 4.47. The minimum Gasteiger partial charge on any atom is -0.325 e. The summed E-state index contributed by atoms with van der Waals surface area (Å²) >= 11 is 1.45. The normalized spacial score (nSPS) is 11.9. The number of nitrogens with one attached hydrogen (secondary N) is 1. The maximum absolute atomic E-state index is 12.8. The summed E-state index contributed by atoms with van der Waals surface area (Å²) in [6.07, 6.45) is 0. The number of aromatic nitrogens is 2. The van der Waals surface area contributed by atoms with E-state index in [9.17, 15) is 4.79 Å². The van der Waals surface area contributed by atoms with Gasteiger partial charge in [0.2, 0.25) is 5.91 Å². The molecule has 1 amide bonds. The van der Waals surface area contributed by atoms with Crippen LogP contribution < -0.4 is 5.32 Å². The minimum atomic E-state index is -0.309. The van der Waals surface area contributed by atoms with Gasteiger partial charge in [-0.1, -0.05) is 78.5 Å². The van der Waals surface area contributed by atoms with Gasteiger partial charge in [-0.25, -0.2) is 9.97 Å². The van der Waals surface area contributed by atoms with Crippen molar-refractivity contribution in [3.05, 3.63) is 84.4 Å². The van der Waals surface area contributed by atoms with Crippen LogP contribution in [0.3, 0.4) is 0 Å². The summed E-state index contributed by atoms with van der Waals surface area (Å²) < 4.78 is 0. The molecule has 1 aromatic heterocycles. The highest BCUT2D eigenvalue weighted by Crippen LogP contribution is 2.31. The number of carbonyl (C=O) groups is 1. The van der Waals surface area contributed by atoms with Crippen LogP contribution in [0.4, 0.5) is 5.69 Å². The molecule has 1 N–H and O–H groups in total. The number of fused-ring (bicyclic) bond motifs is 1. The quantitative estimate of drug-likeness (QED) is 0.344. The van der Waals surface area contributed by atoms with E-state index in [-0.39, 0.29) is 11.2 Å². The fourth-order valence-electron chi connectivity index (χ4n) is 3.02. The van der Waals surface area contributed by atoms with E-state index < -0.39 is 0 Å². The van der Waals surface area contributed by atoms with Gasteiger partial charge in [0.05, 0.1) is 10.8 Å². The van der Waals surface area contributed by atoms with Crippen LogP contribution in [0.5, 0.6) is 0 Å². The highest BCUT2D eigenvalue weighted by atomic mass is 32.2. The smallest absolute Gasteiger partial charge is 0.237 e. The lowest BCUT2D eigenvalue weighted by atomic mass is 10.2. The molecule has 1 heterocycles. The maximum atomic E-state index is 12.8. The standard InChI is InChI=1S/C24H21N3OS/c1-16-10-6-8-14-20(16)26-23(28)17(2)29-24-19-13-7-9-15-21(19)25-22(27-24)18-11-4-3-5-12-18/h3-15,17H,1-2H3,(H,26,28). The Balaban J connectivity index is 1.64. The summed E-state index contributed by atoms with van der Waals surface area (Å²) in [6, 6.07) is 25.6. The van der Waals surface area contributed by atoms with Crippen LogP contribution in [-0.4, -0.2) is 21.1 Å². The van der Waals surface area contributed by atoms with E-state index in [4.69, 9.17) is 9.97 Å². The molecule has 0 aliphatic heterocycles. The van der Waals surface area contributed by atoms with Crippen molar-refractivity contribution in [2.24, 2.45) is 0 Å². The number of anilines is 1. The molecule has 0 spiro atoms. The number of hydrogen-bond acceptors (Lipinski definition) is 4. The Morgan fingerprint density at radius 1 is 0.897 bits per heavy atom. The highest BCUT2D eigenvalue weighted by molar-refractivity contribution is 8.00. The largest absolute Gasteiger partial charge is 0.325 e. The summed E-state index contributed by atoms with van der Waals surface area (Å²) in [5.74, 6) is 0.617. The van der Waals surface area contributed by atoms with Crippen LogP contribution in [0.25, 0.3) is 22.3 Å². The third-order valence-electron chi connectivity index (χ3n) is 4.66. The van der Waals surface area contributed by atoms with Crippen molar-refractivity contribution in [3.8, 4) is 11.4 Å². The molecule has 4 rings (SSSR count). The Labute approximate surface area is 174 Å². The number of rotatable bonds is 5. The third kappa shape index (κ3) is 4.30. The summed E-state index contributed by atoms with van der Waals surface area (Å²) in [4.78, 5) is 22.3. The lowest BCUT2D eigenvalue weighted by Crippen LogP contribution is -2.23. The Kier molecular flexibility index (Phi) is 5.58. The molecule has 29 heavy (non-hydrogen) atoms. The molecule has 0 aliphatic rings. The van der Waals surface area contributed by atoms with Crippen LogP contribution in [0.1, 0.15) is 12.5 Å². The first-order valence-electron chi connectivity index (χ1n) is 9.47. The first-order chi connectivity index (χ1) is 14.1. The van der Waals surface area contributed by atoms with Gasteiger partial charge in [-0.15, -0.1) is 0 Å². The zero-order chi connectivity index (χ0) is 20.2. The van der Waals surface area contributed by atoms with Gasteiger partial charge in [-0.3, -0.25) is 4.79 Å². The van der Waals surface area contributed by atoms with Gasteiger partial charge in [0, 0.05) is 16.6 Å². The Bertz CT molecular complexity index is 1160. The molecule has 1 unspecified atom stereocenters. The van der Waals surface area contributed by atoms with Crippen LogP contribution in [0.2, 0.25) is 0 Å². The average Bonchev–Trinajstić information content (AvgIpc) is 2.75. The van der Waals surface area contributed by atoms with Crippen molar-refractivity contribution in [1.29, 1.82) is 0 Å². The first kappa shape index (κ1) is 19.2. The second kappa shape index (κ2) is 8.45. The highest BCUT2D eigenvalue weighted by Gasteiger charge is 2.19. The van der Waals surface area contributed by atoms with Gasteiger partial charge >= 0.3 is 0 Å². The fourth-order valence-corrected chi connectivity index (χ4v) is 3.96. The van der Waals surface area contributed by atoms with Gasteiger partial charge in [0.25, 0.3) is 0 Å². The van der Waals surface area contributed by atoms with Gasteiger partial charge in [-0.05, 0) is 31.5 Å². The average molecular weight is 400 g/mol. The van der Waals surface area contributed by atoms with Crippen LogP contribution in [0.15, 0.2) is 83.9 Å². The Morgan fingerprint density at radius 2 is 1.59 bits per heavy atom. The van der Waals surface area contributed by atoms with E-state index in [2.05, 4.69) is 5.32 Å². The molecule has 3 aromatic carbocycles. The SMILES string of the molecule is Cc1ccccc1NC(=O)C(C)Sc1nc(-c2ccccc2)nc2ccccc12. The molecular formula is C24H21N3OS. The van der Waals surface area contributed by atoms with Crippen molar-refractivity contribution in [1.82, 2.24) is 9.97 Å². The summed E-state index contributed by atoms with van der Waals surface area (Å²) in [6.45, 7) is 3.88. The number of thioether (sulfide) groups is 1. The molecule has 0 radical (unpaired) electrons. The molecule has 0 saturated carbocycles. The molecule has 4 nitrogen and oxygen atoms in total. The lowest BCUT2D eigenvalue weighted by Gasteiger charge is -2.15. The number of hydrogen-bond donors (Lipinski definition) is 1. The van der Waals surface area contributed by atoms with Crippen molar-refractivity contribution in [2.45, 2.75) is 24.1 Å². The van der Waals surface area contributed by atoms with Crippen molar-refractivity contribution in [3.63, 3.8) is 0 Å². The van der Waals surface area contributed by atoms with Crippen molar-refractivity contribution in [2.75, 3.05) is 5.32 Å². The predicted octanol–water partition coefficient (Wildman–Crippen LogP) is 5.72. The number of carbonyl (C=O) groups excluding carboxylic acids is 1. The predicted molar refractivity (Wildman–Crippen MR) is 120 cm³/mol. The van der Waals surface area contributed by atoms with Crippen LogP contribution in [-0.2, 0) is 4.79 Å². The Hall–Kier alpha value is -3.18. The number of benzene rings is 3. The second-order valence-corrected chi connectivity index (χ2v) is 8.13. The molecule has 144 valence electrons. The maximum Gasteiger partial charge on any atom is 0.237 e. The number of amides is 1. The van der Waals surface area contributed by atoms with Gasteiger partial charge < -0.3 is 5.32 Å². The first-order valence-corrected chi connectivity index (χ1v) is 10.3. The van der Waals surface area contributed by atoms with Gasteiger partial charge in [-0.2, -0.15) is 0 Å². The molecule has 0 aliphatic carbocycles. The van der Waals surface area contributed by atoms with E-state index in [0.29, 0.717) is 5.82 Å². The molecule has 0 fully saturated rings. The fraction of sp³-hybridized carbons (Fsp3) is 0.125. The number of aryl methyl sites for hydroxylation is 1. The Morgan fingerprint density at radius 3 is 2.38 bits per heavy atom. The monoisotopic (exact) mass is 399 g/mol. The van der Waals surface area contributed by atoms with Gasteiger partial charge in [0.15, 0.2) is 5.82 Å². The zero-order valence-corrected chi connectivity index (χ0v) is 17.1. The molecule has 0 bridgehead atoms. The third-order valence-corrected chi connectivity index (χ3v) is 5.76. The molecular weight excluding hydrogens is 378 g/mol. The van der Waals surface area contributed by atoms with Gasteiger partial charge in [0.1, 0.15) is 5.03 Å².